The molecule has 1 saturated carbocycles. The molecular formula is C21H23N3O. The van der Waals surface area contributed by atoms with Gasteiger partial charge in [0.05, 0.1) is 17.6 Å². The summed E-state index contributed by atoms with van der Waals surface area (Å²) in [5.41, 5.74) is 4.58. The Bertz CT molecular complexity index is 891. The van der Waals surface area contributed by atoms with E-state index in [9.17, 15) is 4.79 Å². The van der Waals surface area contributed by atoms with Crippen molar-refractivity contribution in [2.45, 2.75) is 39.3 Å². The Kier molecular flexibility index (Phi) is 4.26. The maximum absolute atomic E-state index is 12.2. The number of nitrogens with one attached hydrogen (secondary N) is 1. The predicted octanol–water partition coefficient (Wildman–Crippen LogP) is 3.81. The van der Waals surface area contributed by atoms with Gasteiger partial charge in [0, 0.05) is 12.5 Å². The zero-order valence-electron chi connectivity index (χ0n) is 14.5. The van der Waals surface area contributed by atoms with Crippen molar-refractivity contribution in [1.29, 1.82) is 0 Å². The number of rotatable bonds is 5. The van der Waals surface area contributed by atoms with Crippen LogP contribution in [-0.4, -0.2) is 15.5 Å². The van der Waals surface area contributed by atoms with Crippen LogP contribution in [0.25, 0.3) is 11.0 Å². The van der Waals surface area contributed by atoms with Gasteiger partial charge in [0.1, 0.15) is 5.82 Å². The zero-order chi connectivity index (χ0) is 17.2. The second-order valence-corrected chi connectivity index (χ2v) is 6.93. The lowest BCUT2D eigenvalue weighted by molar-refractivity contribution is -0.127. The second kappa shape index (κ2) is 6.71. The minimum atomic E-state index is 0.167. The summed E-state index contributed by atoms with van der Waals surface area (Å²) in [6, 6.07) is 16.7. The summed E-state index contributed by atoms with van der Waals surface area (Å²) in [4.78, 5) is 16.9. The van der Waals surface area contributed by atoms with E-state index in [1.54, 1.807) is 0 Å². The summed E-state index contributed by atoms with van der Waals surface area (Å²) < 4.78 is 2.21. The van der Waals surface area contributed by atoms with Crippen LogP contribution in [0.5, 0.6) is 0 Å². The van der Waals surface area contributed by atoms with Gasteiger partial charge in [-0.15, -0.1) is 0 Å². The van der Waals surface area contributed by atoms with Gasteiger partial charge in [-0.1, -0.05) is 48.4 Å². The fourth-order valence-corrected chi connectivity index (χ4v) is 3.29. The average molecular weight is 333 g/mol. The molecule has 2 aromatic carbocycles. The molecule has 4 rings (SSSR count). The molecule has 0 spiro atoms. The minimum absolute atomic E-state index is 0.167. The first-order valence-electron chi connectivity index (χ1n) is 8.98. The van der Waals surface area contributed by atoms with Gasteiger partial charge in [-0.3, -0.25) is 4.79 Å². The first kappa shape index (κ1) is 15.9. The molecule has 0 unspecified atom stereocenters. The van der Waals surface area contributed by atoms with E-state index in [0.717, 1.165) is 36.2 Å². The van der Waals surface area contributed by atoms with Crippen LogP contribution < -0.4 is 5.32 Å². The Morgan fingerprint density at radius 1 is 1.16 bits per heavy atom. The van der Waals surface area contributed by atoms with Crippen LogP contribution in [-0.2, 0) is 17.9 Å². The Labute approximate surface area is 147 Å². The Hall–Kier alpha value is -2.62. The topological polar surface area (TPSA) is 46.9 Å². The van der Waals surface area contributed by atoms with Gasteiger partial charge in [-0.25, -0.2) is 4.98 Å². The van der Waals surface area contributed by atoms with Crippen LogP contribution >= 0.6 is 0 Å². The van der Waals surface area contributed by atoms with Crippen LogP contribution in [0.2, 0.25) is 0 Å². The summed E-state index contributed by atoms with van der Waals surface area (Å²) in [7, 11) is 0. The molecule has 1 aromatic heterocycles. The molecule has 0 aliphatic heterocycles. The highest BCUT2D eigenvalue weighted by molar-refractivity contribution is 5.80. The molecule has 1 heterocycles. The number of fused-ring (bicyclic) bond motifs is 1. The summed E-state index contributed by atoms with van der Waals surface area (Å²) in [5.74, 6) is 1.28. The first-order chi connectivity index (χ1) is 12.2. The SMILES string of the molecule is Cc1ccc(Cn2c(CNC(=O)C3CCC3)nc3ccccc32)cc1. The van der Waals surface area contributed by atoms with Crippen LogP contribution in [0.4, 0.5) is 0 Å². The molecule has 128 valence electrons. The van der Waals surface area contributed by atoms with Gasteiger partial charge in [-0.2, -0.15) is 0 Å². The number of aromatic nitrogens is 2. The standard InChI is InChI=1S/C21H23N3O/c1-15-9-11-16(12-10-15)14-24-19-8-3-2-7-18(19)23-20(24)13-22-21(25)17-5-4-6-17/h2-3,7-12,17H,4-6,13-14H2,1H3,(H,22,25). The van der Waals surface area contributed by atoms with E-state index in [-0.39, 0.29) is 11.8 Å². The van der Waals surface area contributed by atoms with E-state index in [2.05, 4.69) is 47.1 Å². The van der Waals surface area contributed by atoms with Crippen molar-refractivity contribution < 1.29 is 4.79 Å². The summed E-state index contributed by atoms with van der Waals surface area (Å²) in [5, 5.41) is 3.07. The molecule has 1 amide bonds. The number of aryl methyl sites for hydroxylation is 1. The number of para-hydroxylation sites is 2. The summed E-state index contributed by atoms with van der Waals surface area (Å²) >= 11 is 0. The third-order valence-corrected chi connectivity index (χ3v) is 5.09. The highest BCUT2D eigenvalue weighted by Gasteiger charge is 2.25. The zero-order valence-corrected chi connectivity index (χ0v) is 14.5. The first-order valence-corrected chi connectivity index (χ1v) is 8.98. The lowest BCUT2D eigenvalue weighted by Crippen LogP contribution is -2.34. The van der Waals surface area contributed by atoms with Crippen molar-refractivity contribution in [3.8, 4) is 0 Å². The van der Waals surface area contributed by atoms with Crippen molar-refractivity contribution in [3.05, 3.63) is 65.5 Å². The molecule has 0 bridgehead atoms. The monoisotopic (exact) mass is 333 g/mol. The fraction of sp³-hybridized carbons (Fsp3) is 0.333. The predicted molar refractivity (Wildman–Crippen MR) is 99.2 cm³/mol. The van der Waals surface area contributed by atoms with E-state index >= 15 is 0 Å². The highest BCUT2D eigenvalue weighted by Crippen LogP contribution is 2.26. The van der Waals surface area contributed by atoms with E-state index < -0.39 is 0 Å². The molecule has 0 radical (unpaired) electrons. The lowest BCUT2D eigenvalue weighted by Gasteiger charge is -2.24. The molecule has 0 saturated heterocycles. The molecular weight excluding hydrogens is 310 g/mol. The van der Waals surface area contributed by atoms with Gasteiger partial charge in [0.2, 0.25) is 5.91 Å². The normalized spacial score (nSPS) is 14.4. The van der Waals surface area contributed by atoms with E-state index in [4.69, 9.17) is 4.98 Å². The smallest absolute Gasteiger partial charge is 0.223 e. The van der Waals surface area contributed by atoms with Crippen molar-refractivity contribution in [3.63, 3.8) is 0 Å². The maximum atomic E-state index is 12.2. The average Bonchev–Trinajstić information content (AvgIpc) is 2.91. The van der Waals surface area contributed by atoms with Crippen LogP contribution in [0.3, 0.4) is 0 Å². The van der Waals surface area contributed by atoms with E-state index in [0.29, 0.717) is 6.54 Å². The number of benzene rings is 2. The molecule has 1 N–H and O–H groups in total. The van der Waals surface area contributed by atoms with Gasteiger partial charge in [-0.05, 0) is 37.5 Å². The van der Waals surface area contributed by atoms with Crippen molar-refractivity contribution in [2.24, 2.45) is 5.92 Å². The Morgan fingerprint density at radius 3 is 2.64 bits per heavy atom. The molecule has 25 heavy (non-hydrogen) atoms. The second-order valence-electron chi connectivity index (χ2n) is 6.93. The van der Waals surface area contributed by atoms with Crippen molar-refractivity contribution >= 4 is 16.9 Å². The van der Waals surface area contributed by atoms with Crippen LogP contribution in [0.15, 0.2) is 48.5 Å². The molecule has 0 atom stereocenters. The van der Waals surface area contributed by atoms with Crippen LogP contribution in [0, 0.1) is 12.8 Å². The van der Waals surface area contributed by atoms with Gasteiger partial charge in [0.15, 0.2) is 0 Å². The number of carbonyl (C=O) groups excluding carboxylic acids is 1. The fourth-order valence-electron chi connectivity index (χ4n) is 3.29. The summed E-state index contributed by atoms with van der Waals surface area (Å²) in [6.45, 7) is 3.34. The number of amides is 1. The molecule has 1 aliphatic carbocycles. The van der Waals surface area contributed by atoms with Crippen molar-refractivity contribution in [2.75, 3.05) is 0 Å². The molecule has 4 heteroatoms. The Morgan fingerprint density at radius 2 is 1.92 bits per heavy atom. The number of nitrogens with zero attached hydrogens (tertiary/aromatic N) is 2. The highest BCUT2D eigenvalue weighted by atomic mass is 16.1. The number of carbonyl (C=O) groups is 1. The number of imidazole rings is 1. The van der Waals surface area contributed by atoms with E-state index in [1.165, 1.54) is 17.5 Å². The molecule has 1 fully saturated rings. The van der Waals surface area contributed by atoms with Gasteiger partial charge in [0.25, 0.3) is 0 Å². The Balaban J connectivity index is 1.60. The largest absolute Gasteiger partial charge is 0.349 e. The maximum Gasteiger partial charge on any atom is 0.223 e. The minimum Gasteiger partial charge on any atom is -0.349 e. The lowest BCUT2D eigenvalue weighted by atomic mass is 9.85. The number of hydrogen-bond acceptors (Lipinski definition) is 2. The molecule has 3 aromatic rings. The van der Waals surface area contributed by atoms with Crippen molar-refractivity contribution in [1.82, 2.24) is 14.9 Å². The third kappa shape index (κ3) is 3.29. The van der Waals surface area contributed by atoms with Crippen LogP contribution in [0.1, 0.15) is 36.2 Å². The number of hydrogen-bond donors (Lipinski definition) is 1. The summed E-state index contributed by atoms with van der Waals surface area (Å²) in [6.07, 6.45) is 3.21. The molecule has 1 aliphatic rings. The quantitative estimate of drug-likeness (QED) is 0.772. The van der Waals surface area contributed by atoms with Gasteiger partial charge < -0.3 is 9.88 Å². The van der Waals surface area contributed by atoms with E-state index in [1.807, 2.05) is 18.2 Å². The van der Waals surface area contributed by atoms with Gasteiger partial charge >= 0.3 is 0 Å². The molecule has 4 nitrogen and oxygen atoms in total. The third-order valence-electron chi connectivity index (χ3n) is 5.09.